The van der Waals surface area contributed by atoms with Gasteiger partial charge in [0.25, 0.3) is 0 Å². The first-order valence-corrected chi connectivity index (χ1v) is 17.7. The fourth-order valence-corrected chi connectivity index (χ4v) is 11.8. The fourth-order valence-electron chi connectivity index (χ4n) is 3.97. The van der Waals surface area contributed by atoms with Gasteiger partial charge in [-0.2, -0.15) is 0 Å². The van der Waals surface area contributed by atoms with Crippen LogP contribution in [-0.4, -0.2) is 16.6 Å². The molecule has 4 rings (SSSR count). The lowest BCUT2D eigenvalue weighted by Gasteiger charge is -2.35. The van der Waals surface area contributed by atoms with Crippen LogP contribution < -0.4 is 10.4 Å². The van der Waals surface area contributed by atoms with Crippen molar-refractivity contribution in [2.45, 2.75) is 26.2 Å². The molecule has 0 fully saturated rings. The molecule has 1 nitrogen and oxygen atoms in total. The average molecular weight is 487 g/mol. The summed E-state index contributed by atoms with van der Waals surface area (Å²) in [4.78, 5) is 0. The van der Waals surface area contributed by atoms with E-state index in [9.17, 15) is 0 Å². The molecule has 0 aliphatic rings. The molecule has 0 spiro atoms. The highest BCUT2D eigenvalue weighted by molar-refractivity contribution is 7.01. The second-order valence-corrected chi connectivity index (χ2v) is 17.9. The van der Waals surface area contributed by atoms with Crippen LogP contribution in [0.2, 0.25) is 26.2 Å². The molecule has 0 aliphatic heterocycles. The van der Waals surface area contributed by atoms with E-state index in [2.05, 4.69) is 98.4 Å². The highest BCUT2D eigenvalue weighted by atomic mass is 28.4. The van der Waals surface area contributed by atoms with Crippen molar-refractivity contribution in [2.75, 3.05) is 0 Å². The molecule has 0 bridgehead atoms. The molecule has 0 aliphatic carbocycles. The lowest BCUT2D eigenvalue weighted by Crippen LogP contribution is -2.62. The molecule has 172 valence electrons. The Labute approximate surface area is 212 Å². The number of hydrogen-bond acceptors (Lipinski definition) is 1. The van der Waals surface area contributed by atoms with Crippen LogP contribution in [0.25, 0.3) is 0 Å². The van der Waals surface area contributed by atoms with Crippen molar-refractivity contribution in [1.82, 2.24) is 0 Å². The van der Waals surface area contributed by atoms with Crippen molar-refractivity contribution < 1.29 is 4.12 Å². The largest absolute Gasteiger partial charge is 0.449 e. The fraction of sp³-hybridized carbons (Fsp3) is 0.125. The molecule has 0 aromatic heterocycles. The summed E-state index contributed by atoms with van der Waals surface area (Å²) in [5.74, 6) is 13.0. The molecule has 0 saturated carbocycles. The molecule has 0 amide bonds. The van der Waals surface area contributed by atoms with Crippen molar-refractivity contribution in [3.8, 4) is 23.7 Å². The van der Waals surface area contributed by atoms with Crippen molar-refractivity contribution in [2.24, 2.45) is 0 Å². The van der Waals surface area contributed by atoms with Gasteiger partial charge < -0.3 is 4.12 Å². The molecule has 0 atom stereocenters. The van der Waals surface area contributed by atoms with Crippen LogP contribution in [0.3, 0.4) is 0 Å². The zero-order chi connectivity index (χ0) is 24.7. The maximum absolute atomic E-state index is 6.94. The summed E-state index contributed by atoms with van der Waals surface area (Å²) in [5, 5.41) is 2.52. The van der Waals surface area contributed by atoms with E-state index in [-0.39, 0.29) is 0 Å². The van der Waals surface area contributed by atoms with E-state index in [0.29, 0.717) is 0 Å². The van der Waals surface area contributed by atoms with Crippen LogP contribution in [0.5, 0.6) is 0 Å². The number of rotatable bonds is 4. The second kappa shape index (κ2) is 10.8. The molecule has 0 radical (unpaired) electrons. The minimum absolute atomic E-state index is 1.01. The summed E-state index contributed by atoms with van der Waals surface area (Å²) >= 11 is 0. The Morgan fingerprint density at radius 3 is 1.06 bits per heavy atom. The molecule has 3 heteroatoms. The molecule has 0 saturated heterocycles. The van der Waals surface area contributed by atoms with Crippen LogP contribution in [0.4, 0.5) is 0 Å². The molecule has 0 heterocycles. The zero-order valence-electron chi connectivity index (χ0n) is 20.8. The van der Waals surface area contributed by atoms with Gasteiger partial charge in [0.2, 0.25) is 8.32 Å². The van der Waals surface area contributed by atoms with E-state index in [0.717, 1.165) is 22.3 Å². The lowest BCUT2D eigenvalue weighted by atomic mass is 10.2. The Hall–Kier alpha value is -3.61. The van der Waals surface area contributed by atoms with Crippen LogP contribution in [0, 0.1) is 23.7 Å². The van der Waals surface area contributed by atoms with Crippen LogP contribution >= 0.6 is 0 Å². The maximum Gasteiger partial charge on any atom is 0.241 e. The Morgan fingerprint density at radius 1 is 0.429 bits per heavy atom. The van der Waals surface area contributed by atoms with Crippen molar-refractivity contribution in [3.63, 3.8) is 0 Å². The molecule has 0 unspecified atom stereocenters. The van der Waals surface area contributed by atoms with Gasteiger partial charge in [0.1, 0.15) is 0 Å². The van der Waals surface area contributed by atoms with Gasteiger partial charge in [0.15, 0.2) is 8.32 Å². The van der Waals surface area contributed by atoms with Gasteiger partial charge in [-0.15, -0.1) is 0 Å². The van der Waals surface area contributed by atoms with Crippen molar-refractivity contribution >= 4 is 27.0 Å². The molecule has 4 aromatic carbocycles. The van der Waals surface area contributed by atoms with E-state index in [1.54, 1.807) is 0 Å². The maximum atomic E-state index is 6.94. The van der Waals surface area contributed by atoms with Crippen molar-refractivity contribution in [1.29, 1.82) is 0 Å². The quantitative estimate of drug-likeness (QED) is 0.253. The highest BCUT2D eigenvalue weighted by Gasteiger charge is 2.38. The third-order valence-electron chi connectivity index (χ3n) is 5.63. The number of benzene rings is 4. The van der Waals surface area contributed by atoms with Gasteiger partial charge in [0, 0.05) is 22.3 Å². The standard InChI is InChI=1S/C32H30OSi2/c1-34(2,3)33-35(4,31-23-19-29(20-24-31)17-15-27-11-7-5-8-12-27)32-25-21-30(22-26-32)18-16-28-13-9-6-10-14-28/h5-14,19-26H,1-4H3. The predicted molar refractivity (Wildman–Crippen MR) is 153 cm³/mol. The first kappa shape index (κ1) is 24.5. The topological polar surface area (TPSA) is 9.23 Å². The Balaban J connectivity index is 1.62. The first-order chi connectivity index (χ1) is 16.8. The van der Waals surface area contributed by atoms with Crippen LogP contribution in [0.15, 0.2) is 109 Å². The SMILES string of the molecule is C[Si](C)(C)O[Si](C)(c1ccc(C#Cc2ccccc2)cc1)c1ccc(C#Cc2ccccc2)cc1. The lowest BCUT2D eigenvalue weighted by molar-refractivity contribution is 0.573. The van der Waals surface area contributed by atoms with Crippen LogP contribution in [0.1, 0.15) is 22.3 Å². The van der Waals surface area contributed by atoms with E-state index in [1.165, 1.54) is 10.4 Å². The van der Waals surface area contributed by atoms with E-state index < -0.39 is 16.6 Å². The second-order valence-electron chi connectivity index (χ2n) is 9.63. The van der Waals surface area contributed by atoms with Gasteiger partial charge >= 0.3 is 0 Å². The molecular weight excluding hydrogens is 457 g/mol. The Bertz CT molecular complexity index is 1280. The number of hydrogen-bond donors (Lipinski definition) is 0. The molecule has 0 N–H and O–H groups in total. The minimum atomic E-state index is -2.39. The molecular formula is C32H30OSi2. The predicted octanol–water partition coefficient (Wildman–Crippen LogP) is 6.03. The smallest absolute Gasteiger partial charge is 0.241 e. The summed E-state index contributed by atoms with van der Waals surface area (Å²) in [6, 6.07) is 37.4. The summed E-state index contributed by atoms with van der Waals surface area (Å²) in [5.41, 5.74) is 4.06. The molecule has 35 heavy (non-hydrogen) atoms. The van der Waals surface area contributed by atoms with Crippen molar-refractivity contribution in [3.05, 3.63) is 131 Å². The van der Waals surface area contributed by atoms with E-state index in [4.69, 9.17) is 4.12 Å². The summed E-state index contributed by atoms with van der Waals surface area (Å²) in [7, 11) is -4.19. The van der Waals surface area contributed by atoms with Gasteiger partial charge in [-0.3, -0.25) is 0 Å². The minimum Gasteiger partial charge on any atom is -0.449 e. The summed E-state index contributed by atoms with van der Waals surface area (Å²) < 4.78 is 6.94. The Morgan fingerprint density at radius 2 is 0.743 bits per heavy atom. The third-order valence-corrected chi connectivity index (χ3v) is 12.6. The average Bonchev–Trinajstić information content (AvgIpc) is 2.87. The summed E-state index contributed by atoms with van der Waals surface area (Å²) in [6.07, 6.45) is 0. The van der Waals surface area contributed by atoms with Gasteiger partial charge in [-0.1, -0.05) is 84.3 Å². The monoisotopic (exact) mass is 486 g/mol. The summed E-state index contributed by atoms with van der Waals surface area (Å²) in [6.45, 7) is 9.09. The zero-order valence-corrected chi connectivity index (χ0v) is 22.8. The normalized spacial score (nSPS) is 11.1. The highest BCUT2D eigenvalue weighted by Crippen LogP contribution is 2.16. The van der Waals surface area contributed by atoms with Gasteiger partial charge in [-0.05, 0) is 85.1 Å². The van der Waals surface area contributed by atoms with Gasteiger partial charge in [0.05, 0.1) is 0 Å². The first-order valence-electron chi connectivity index (χ1n) is 11.9. The van der Waals surface area contributed by atoms with Crippen LogP contribution in [-0.2, 0) is 4.12 Å². The van der Waals surface area contributed by atoms with E-state index in [1.807, 2.05) is 60.7 Å². The molecule has 4 aromatic rings. The van der Waals surface area contributed by atoms with E-state index >= 15 is 0 Å². The Kier molecular flexibility index (Phi) is 7.54. The van der Waals surface area contributed by atoms with Gasteiger partial charge in [-0.25, -0.2) is 0 Å². The third kappa shape index (κ3) is 6.72.